The van der Waals surface area contributed by atoms with Crippen molar-refractivity contribution in [1.82, 2.24) is 10.2 Å². The first-order valence-corrected chi connectivity index (χ1v) is 7.65. The van der Waals surface area contributed by atoms with E-state index >= 15 is 0 Å². The lowest BCUT2D eigenvalue weighted by Gasteiger charge is -2.34. The molecule has 1 atom stereocenters. The minimum absolute atomic E-state index is 0.00395. The molecule has 2 aliphatic heterocycles. The van der Waals surface area contributed by atoms with Gasteiger partial charge < -0.3 is 10.1 Å². The topological polar surface area (TPSA) is 24.5 Å². The highest BCUT2D eigenvalue weighted by atomic mass is 16.5. The van der Waals surface area contributed by atoms with Crippen LogP contribution in [0.25, 0.3) is 0 Å². The summed E-state index contributed by atoms with van der Waals surface area (Å²) in [6.07, 6.45) is 5.51. The van der Waals surface area contributed by atoms with Gasteiger partial charge in [0.1, 0.15) is 0 Å². The van der Waals surface area contributed by atoms with Crippen LogP contribution < -0.4 is 5.32 Å². The fraction of sp³-hybridized carbons (Fsp3) is 1.00. The summed E-state index contributed by atoms with van der Waals surface area (Å²) in [5.74, 6) is 0.920. The summed E-state index contributed by atoms with van der Waals surface area (Å²) >= 11 is 0. The van der Waals surface area contributed by atoms with Gasteiger partial charge in [-0.05, 0) is 72.0 Å². The second-order valence-electron chi connectivity index (χ2n) is 6.79. The monoisotopic (exact) mass is 254 g/mol. The summed E-state index contributed by atoms with van der Waals surface area (Å²) < 4.78 is 5.87. The third kappa shape index (κ3) is 4.22. The normalized spacial score (nSPS) is 27.8. The van der Waals surface area contributed by atoms with E-state index in [0.29, 0.717) is 0 Å². The zero-order chi connectivity index (χ0) is 13.0. The minimum atomic E-state index is 0.00395. The van der Waals surface area contributed by atoms with E-state index in [0.717, 1.165) is 25.1 Å². The highest BCUT2D eigenvalue weighted by Gasteiger charge is 2.32. The predicted octanol–water partition coefficient (Wildman–Crippen LogP) is 2.27. The van der Waals surface area contributed by atoms with Crippen LogP contribution in [0.5, 0.6) is 0 Å². The van der Waals surface area contributed by atoms with Gasteiger partial charge in [0.15, 0.2) is 0 Å². The molecule has 0 aromatic heterocycles. The number of ether oxygens (including phenoxy) is 1. The Hall–Kier alpha value is -0.120. The van der Waals surface area contributed by atoms with E-state index in [-0.39, 0.29) is 5.60 Å². The molecule has 2 aliphatic rings. The SMILES string of the molecule is CC(C)(C)OCCN1CCCC1C1CCNCC1. The van der Waals surface area contributed by atoms with E-state index in [1.807, 2.05) is 0 Å². The molecule has 0 aromatic rings. The van der Waals surface area contributed by atoms with Crippen molar-refractivity contribution in [2.45, 2.75) is 58.1 Å². The van der Waals surface area contributed by atoms with Crippen molar-refractivity contribution >= 4 is 0 Å². The van der Waals surface area contributed by atoms with Crippen LogP contribution in [0, 0.1) is 5.92 Å². The quantitative estimate of drug-likeness (QED) is 0.833. The van der Waals surface area contributed by atoms with Crippen LogP contribution in [0.15, 0.2) is 0 Å². The standard InChI is InChI=1S/C15H30N2O/c1-15(2,3)18-12-11-17-10-4-5-14(17)13-6-8-16-9-7-13/h13-14,16H,4-12H2,1-3H3. The third-order valence-electron chi connectivity index (χ3n) is 4.26. The number of rotatable bonds is 4. The fourth-order valence-corrected chi connectivity index (χ4v) is 3.36. The lowest BCUT2D eigenvalue weighted by atomic mass is 9.89. The van der Waals surface area contributed by atoms with Crippen molar-refractivity contribution < 1.29 is 4.74 Å². The van der Waals surface area contributed by atoms with Crippen molar-refractivity contribution in [3.05, 3.63) is 0 Å². The highest BCUT2D eigenvalue weighted by Crippen LogP contribution is 2.29. The Balaban J connectivity index is 1.76. The molecular weight excluding hydrogens is 224 g/mol. The first-order valence-electron chi connectivity index (χ1n) is 7.65. The van der Waals surface area contributed by atoms with Gasteiger partial charge in [0, 0.05) is 12.6 Å². The molecule has 3 nitrogen and oxygen atoms in total. The average Bonchev–Trinajstić information content (AvgIpc) is 2.77. The van der Waals surface area contributed by atoms with Gasteiger partial charge in [-0.1, -0.05) is 0 Å². The van der Waals surface area contributed by atoms with Crippen LogP contribution >= 0.6 is 0 Å². The second kappa shape index (κ2) is 6.36. The maximum absolute atomic E-state index is 5.87. The van der Waals surface area contributed by atoms with Crippen molar-refractivity contribution in [3.63, 3.8) is 0 Å². The molecule has 1 N–H and O–H groups in total. The zero-order valence-corrected chi connectivity index (χ0v) is 12.4. The van der Waals surface area contributed by atoms with Crippen molar-refractivity contribution in [3.8, 4) is 0 Å². The Labute approximate surface area is 112 Å². The first kappa shape index (κ1) is 14.3. The summed E-state index contributed by atoms with van der Waals surface area (Å²) in [5, 5.41) is 3.47. The van der Waals surface area contributed by atoms with Crippen LogP contribution in [-0.2, 0) is 4.74 Å². The Bertz CT molecular complexity index is 243. The van der Waals surface area contributed by atoms with Crippen LogP contribution in [0.4, 0.5) is 0 Å². The molecule has 0 saturated carbocycles. The summed E-state index contributed by atoms with van der Waals surface area (Å²) in [6.45, 7) is 12.1. The molecule has 0 aromatic carbocycles. The summed E-state index contributed by atoms with van der Waals surface area (Å²) in [5.41, 5.74) is 0.00395. The molecule has 2 heterocycles. The molecule has 3 heteroatoms. The lowest BCUT2D eigenvalue weighted by Crippen LogP contribution is -2.42. The maximum atomic E-state index is 5.87. The van der Waals surface area contributed by atoms with Crippen LogP contribution in [0.2, 0.25) is 0 Å². The van der Waals surface area contributed by atoms with E-state index < -0.39 is 0 Å². The van der Waals surface area contributed by atoms with E-state index in [4.69, 9.17) is 4.74 Å². The van der Waals surface area contributed by atoms with Gasteiger partial charge in [-0.25, -0.2) is 0 Å². The fourth-order valence-electron chi connectivity index (χ4n) is 3.36. The van der Waals surface area contributed by atoms with Crippen LogP contribution in [-0.4, -0.2) is 49.3 Å². The largest absolute Gasteiger partial charge is 0.375 e. The Morgan fingerprint density at radius 2 is 1.89 bits per heavy atom. The number of nitrogens with one attached hydrogen (secondary N) is 1. The molecule has 2 rings (SSSR count). The number of hydrogen-bond acceptors (Lipinski definition) is 3. The number of piperidine rings is 1. The third-order valence-corrected chi connectivity index (χ3v) is 4.26. The summed E-state index contributed by atoms with van der Waals surface area (Å²) in [7, 11) is 0. The van der Waals surface area contributed by atoms with Crippen molar-refractivity contribution in [1.29, 1.82) is 0 Å². The Morgan fingerprint density at radius 3 is 2.56 bits per heavy atom. The molecular formula is C15H30N2O. The summed E-state index contributed by atoms with van der Waals surface area (Å²) in [6, 6.07) is 0.829. The predicted molar refractivity (Wildman–Crippen MR) is 75.9 cm³/mol. The smallest absolute Gasteiger partial charge is 0.0600 e. The van der Waals surface area contributed by atoms with Gasteiger partial charge in [-0.3, -0.25) is 4.90 Å². The molecule has 0 spiro atoms. The van der Waals surface area contributed by atoms with E-state index in [9.17, 15) is 0 Å². The van der Waals surface area contributed by atoms with E-state index in [2.05, 4.69) is 31.0 Å². The van der Waals surface area contributed by atoms with E-state index in [1.54, 1.807) is 0 Å². The maximum Gasteiger partial charge on any atom is 0.0600 e. The van der Waals surface area contributed by atoms with Gasteiger partial charge in [0.2, 0.25) is 0 Å². The van der Waals surface area contributed by atoms with Gasteiger partial charge in [0.05, 0.1) is 12.2 Å². The minimum Gasteiger partial charge on any atom is -0.375 e. The molecule has 0 radical (unpaired) electrons. The number of likely N-dealkylation sites (tertiary alicyclic amines) is 1. The summed E-state index contributed by atoms with van der Waals surface area (Å²) in [4.78, 5) is 2.68. The van der Waals surface area contributed by atoms with Gasteiger partial charge in [-0.2, -0.15) is 0 Å². The van der Waals surface area contributed by atoms with Gasteiger partial charge in [-0.15, -0.1) is 0 Å². The molecule has 2 fully saturated rings. The first-order chi connectivity index (χ1) is 8.56. The average molecular weight is 254 g/mol. The molecule has 106 valence electrons. The number of nitrogens with zero attached hydrogens (tertiary/aromatic N) is 1. The molecule has 0 aliphatic carbocycles. The Kier molecular flexibility index (Phi) is 5.05. The van der Waals surface area contributed by atoms with Crippen molar-refractivity contribution in [2.75, 3.05) is 32.8 Å². The van der Waals surface area contributed by atoms with Crippen molar-refractivity contribution in [2.24, 2.45) is 5.92 Å². The molecule has 18 heavy (non-hydrogen) atoms. The Morgan fingerprint density at radius 1 is 1.17 bits per heavy atom. The zero-order valence-electron chi connectivity index (χ0n) is 12.4. The van der Waals surface area contributed by atoms with Crippen LogP contribution in [0.3, 0.4) is 0 Å². The van der Waals surface area contributed by atoms with Crippen LogP contribution in [0.1, 0.15) is 46.5 Å². The highest BCUT2D eigenvalue weighted by molar-refractivity contribution is 4.87. The molecule has 2 saturated heterocycles. The van der Waals surface area contributed by atoms with Gasteiger partial charge >= 0.3 is 0 Å². The lowest BCUT2D eigenvalue weighted by molar-refractivity contribution is -0.0173. The van der Waals surface area contributed by atoms with E-state index in [1.165, 1.54) is 45.3 Å². The molecule has 0 amide bonds. The molecule has 1 unspecified atom stereocenters. The van der Waals surface area contributed by atoms with Gasteiger partial charge in [0.25, 0.3) is 0 Å². The molecule has 0 bridgehead atoms. The number of hydrogen-bond donors (Lipinski definition) is 1. The second-order valence-corrected chi connectivity index (χ2v) is 6.79.